The lowest BCUT2D eigenvalue weighted by Crippen LogP contribution is -2.36. The summed E-state index contributed by atoms with van der Waals surface area (Å²) in [5.74, 6) is -0.328. The van der Waals surface area contributed by atoms with Crippen LogP contribution in [0.5, 0.6) is 0 Å². The van der Waals surface area contributed by atoms with Crippen molar-refractivity contribution in [1.82, 2.24) is 13.9 Å². The number of methoxy groups -OCH3 is 1. The van der Waals surface area contributed by atoms with Gasteiger partial charge in [-0.3, -0.25) is 14.2 Å². The third kappa shape index (κ3) is 5.80. The van der Waals surface area contributed by atoms with Crippen molar-refractivity contribution in [2.45, 2.75) is 42.8 Å². The highest BCUT2D eigenvalue weighted by Crippen LogP contribution is 2.26. The highest BCUT2D eigenvalue weighted by Gasteiger charge is 2.27. The molecule has 0 spiro atoms. The summed E-state index contributed by atoms with van der Waals surface area (Å²) in [6, 6.07) is 12.0. The van der Waals surface area contributed by atoms with Crippen molar-refractivity contribution in [2.24, 2.45) is 0 Å². The fraction of sp³-hybridized carbons (Fsp3) is 0.400. The summed E-state index contributed by atoms with van der Waals surface area (Å²) >= 11 is 1.15. The van der Waals surface area contributed by atoms with Gasteiger partial charge in [-0.05, 0) is 49.6 Å². The molecule has 2 heterocycles. The van der Waals surface area contributed by atoms with Gasteiger partial charge >= 0.3 is 0 Å². The minimum absolute atomic E-state index is 0.000152. The highest BCUT2D eigenvalue weighted by molar-refractivity contribution is 7.99. The first kappa shape index (κ1) is 26.3. The molecule has 4 rings (SSSR count). The second kappa shape index (κ2) is 11.5. The number of thioether (sulfide) groups is 1. The van der Waals surface area contributed by atoms with Crippen LogP contribution < -0.4 is 10.9 Å². The number of piperidine rings is 1. The molecule has 2 aromatic carbocycles. The van der Waals surface area contributed by atoms with Crippen LogP contribution in [0.1, 0.15) is 24.8 Å². The van der Waals surface area contributed by atoms with Crippen molar-refractivity contribution in [3.63, 3.8) is 0 Å². The van der Waals surface area contributed by atoms with Gasteiger partial charge in [-0.1, -0.05) is 36.4 Å². The van der Waals surface area contributed by atoms with Crippen molar-refractivity contribution in [2.75, 3.05) is 37.9 Å². The molecule has 0 atom stereocenters. The average molecular weight is 531 g/mol. The summed E-state index contributed by atoms with van der Waals surface area (Å²) in [6.45, 7) is 3.42. The molecule has 1 aliphatic rings. The monoisotopic (exact) mass is 530 g/mol. The summed E-state index contributed by atoms with van der Waals surface area (Å²) in [4.78, 5) is 30.5. The van der Waals surface area contributed by atoms with Crippen molar-refractivity contribution >= 4 is 44.3 Å². The second-order valence-corrected chi connectivity index (χ2v) is 11.5. The van der Waals surface area contributed by atoms with Gasteiger partial charge in [0.1, 0.15) is 0 Å². The molecule has 3 aromatic rings. The fourth-order valence-corrected chi connectivity index (χ4v) is 6.76. The number of fused-ring (bicyclic) bond motifs is 1. The minimum Gasteiger partial charge on any atom is -0.383 e. The average Bonchev–Trinajstić information content (AvgIpc) is 2.88. The predicted octanol–water partition coefficient (Wildman–Crippen LogP) is 3.26. The number of ether oxygens (including phenoxy) is 1. The van der Waals surface area contributed by atoms with E-state index in [2.05, 4.69) is 10.3 Å². The topological polar surface area (TPSA) is 111 Å². The van der Waals surface area contributed by atoms with Crippen molar-refractivity contribution in [3.05, 3.63) is 58.4 Å². The first-order chi connectivity index (χ1) is 17.3. The summed E-state index contributed by atoms with van der Waals surface area (Å²) in [5, 5.41) is 3.71. The Morgan fingerprint density at radius 3 is 2.64 bits per heavy atom. The lowest BCUT2D eigenvalue weighted by molar-refractivity contribution is -0.113. The van der Waals surface area contributed by atoms with Crippen LogP contribution in [0.3, 0.4) is 0 Å². The van der Waals surface area contributed by atoms with Gasteiger partial charge in [0.05, 0.1) is 34.7 Å². The van der Waals surface area contributed by atoms with E-state index in [-0.39, 0.29) is 22.1 Å². The molecule has 0 saturated carbocycles. The molecule has 1 fully saturated rings. The molecular formula is C25H30N4O5S2. The van der Waals surface area contributed by atoms with Crippen molar-refractivity contribution in [3.8, 4) is 0 Å². The molecule has 1 N–H and O–H groups in total. The van der Waals surface area contributed by atoms with E-state index in [1.165, 1.54) is 14.9 Å². The summed E-state index contributed by atoms with van der Waals surface area (Å²) in [5.41, 5.74) is 1.41. The maximum absolute atomic E-state index is 13.2. The number of hydrogen-bond acceptors (Lipinski definition) is 7. The first-order valence-corrected chi connectivity index (χ1v) is 14.3. The van der Waals surface area contributed by atoms with Gasteiger partial charge in [-0.2, -0.15) is 4.31 Å². The van der Waals surface area contributed by atoms with Crippen LogP contribution in [0.15, 0.2) is 57.3 Å². The Morgan fingerprint density at radius 2 is 1.89 bits per heavy atom. The number of nitrogens with zero attached hydrogens (tertiary/aromatic N) is 3. The maximum atomic E-state index is 13.2. The number of aryl methyl sites for hydroxylation is 1. The largest absolute Gasteiger partial charge is 0.383 e. The number of para-hydroxylation sites is 1. The Hall–Kier alpha value is -2.73. The highest BCUT2D eigenvalue weighted by atomic mass is 32.2. The third-order valence-electron chi connectivity index (χ3n) is 6.08. The van der Waals surface area contributed by atoms with Gasteiger partial charge in [0, 0.05) is 25.9 Å². The summed E-state index contributed by atoms with van der Waals surface area (Å²) in [7, 11) is -2.07. The Morgan fingerprint density at radius 1 is 1.14 bits per heavy atom. The summed E-state index contributed by atoms with van der Waals surface area (Å²) < 4.78 is 34.5. The molecule has 9 nitrogen and oxygen atoms in total. The van der Waals surface area contributed by atoms with Crippen molar-refractivity contribution < 1.29 is 17.9 Å². The normalized spacial score (nSPS) is 14.7. The van der Waals surface area contributed by atoms with Crippen LogP contribution in [-0.2, 0) is 26.1 Å². The Kier molecular flexibility index (Phi) is 8.45. The number of carbonyl (C=O) groups excluding carboxylic acids is 1. The number of nitrogens with one attached hydrogen (secondary N) is 1. The number of rotatable bonds is 9. The zero-order valence-electron chi connectivity index (χ0n) is 20.4. The standard InChI is InChI=1S/C25H30N4O5S2/c1-18-10-11-19(16-22(18)36(32,33)28-12-6-3-7-13-28)26-23(30)17-35-25-27-21-9-5-4-8-20(21)24(31)29(25)14-15-34-2/h4-5,8-11,16H,3,6-7,12-15,17H2,1-2H3,(H,26,30). The first-order valence-electron chi connectivity index (χ1n) is 11.8. The molecule has 1 amide bonds. The fourth-order valence-electron chi connectivity index (χ4n) is 4.16. The number of carbonyl (C=O) groups is 1. The Bertz CT molecular complexity index is 1420. The molecule has 0 aliphatic carbocycles. The van der Waals surface area contributed by atoms with Gasteiger partial charge in [0.15, 0.2) is 5.16 Å². The Balaban J connectivity index is 1.51. The zero-order chi connectivity index (χ0) is 25.7. The van der Waals surface area contributed by atoms with E-state index < -0.39 is 10.0 Å². The molecule has 0 radical (unpaired) electrons. The van der Waals surface area contributed by atoms with Crippen molar-refractivity contribution in [1.29, 1.82) is 0 Å². The molecule has 1 aliphatic heterocycles. The van der Waals surface area contributed by atoms with Crippen LogP contribution in [0.25, 0.3) is 10.9 Å². The molecule has 36 heavy (non-hydrogen) atoms. The van der Waals surface area contributed by atoms with E-state index in [0.29, 0.717) is 53.6 Å². The lowest BCUT2D eigenvalue weighted by atomic mass is 10.2. The number of amides is 1. The van der Waals surface area contributed by atoms with E-state index in [1.54, 1.807) is 44.4 Å². The SMILES string of the molecule is COCCn1c(SCC(=O)Nc2ccc(C)c(S(=O)(=O)N3CCCCC3)c2)nc2ccccc2c1=O. The van der Waals surface area contributed by atoms with Gasteiger partial charge in [-0.15, -0.1) is 0 Å². The summed E-state index contributed by atoms with van der Waals surface area (Å²) in [6.07, 6.45) is 2.73. The van der Waals surface area contributed by atoms with Gasteiger partial charge < -0.3 is 10.1 Å². The van der Waals surface area contributed by atoms with Gasteiger partial charge in [-0.25, -0.2) is 13.4 Å². The van der Waals surface area contributed by atoms with Crippen LogP contribution in [0, 0.1) is 6.92 Å². The van der Waals surface area contributed by atoms with E-state index in [1.807, 2.05) is 6.07 Å². The number of aromatic nitrogens is 2. The number of benzene rings is 2. The van der Waals surface area contributed by atoms with Gasteiger partial charge in [0.2, 0.25) is 15.9 Å². The quantitative estimate of drug-likeness (QED) is 0.334. The zero-order valence-corrected chi connectivity index (χ0v) is 22.0. The van der Waals surface area contributed by atoms with Crippen LogP contribution >= 0.6 is 11.8 Å². The number of hydrogen-bond donors (Lipinski definition) is 1. The maximum Gasteiger partial charge on any atom is 0.262 e. The van der Waals surface area contributed by atoms with E-state index >= 15 is 0 Å². The molecule has 11 heteroatoms. The second-order valence-electron chi connectivity index (χ2n) is 8.64. The van der Waals surface area contributed by atoms with Gasteiger partial charge in [0.25, 0.3) is 5.56 Å². The van der Waals surface area contributed by atoms with E-state index in [0.717, 1.165) is 31.0 Å². The molecule has 0 unspecified atom stereocenters. The van der Waals surface area contributed by atoms with Crippen LogP contribution in [-0.4, -0.2) is 60.7 Å². The van der Waals surface area contributed by atoms with Crippen LogP contribution in [0.4, 0.5) is 5.69 Å². The Labute approximate surface area is 214 Å². The third-order valence-corrected chi connectivity index (χ3v) is 9.10. The molecular weight excluding hydrogens is 500 g/mol. The smallest absolute Gasteiger partial charge is 0.262 e. The minimum atomic E-state index is -3.63. The molecule has 0 bridgehead atoms. The van der Waals surface area contributed by atoms with Crippen LogP contribution in [0.2, 0.25) is 0 Å². The number of anilines is 1. The molecule has 1 aromatic heterocycles. The molecule has 192 valence electrons. The molecule has 1 saturated heterocycles. The van der Waals surface area contributed by atoms with E-state index in [9.17, 15) is 18.0 Å². The predicted molar refractivity (Wildman–Crippen MR) is 141 cm³/mol. The van der Waals surface area contributed by atoms with E-state index in [4.69, 9.17) is 4.74 Å². The number of sulfonamides is 1. The lowest BCUT2D eigenvalue weighted by Gasteiger charge is -2.26.